The number of esters is 1. The first-order chi connectivity index (χ1) is 13.1. The van der Waals surface area contributed by atoms with Crippen LogP contribution in [-0.2, 0) is 14.3 Å². The van der Waals surface area contributed by atoms with Gasteiger partial charge < -0.3 is 15.0 Å². The lowest BCUT2D eigenvalue weighted by Gasteiger charge is -2.25. The summed E-state index contributed by atoms with van der Waals surface area (Å²) in [6.45, 7) is 4.45. The number of benzene rings is 2. The fraction of sp³-hybridized carbons (Fsp3) is 0.286. The Morgan fingerprint density at radius 1 is 0.926 bits per heavy atom. The third-order valence-corrected chi connectivity index (χ3v) is 4.08. The SMILES string of the molecule is CCN(CC)C(=O)[C@H](OC(=O)CNC(=O)c1ccccc1)c1ccccc1. The second-order valence-corrected chi connectivity index (χ2v) is 5.84. The van der Waals surface area contributed by atoms with Crippen molar-refractivity contribution < 1.29 is 19.1 Å². The van der Waals surface area contributed by atoms with Gasteiger partial charge >= 0.3 is 5.97 Å². The number of hydrogen-bond acceptors (Lipinski definition) is 4. The molecule has 1 atom stereocenters. The van der Waals surface area contributed by atoms with Crippen LogP contribution in [0.1, 0.15) is 35.9 Å². The van der Waals surface area contributed by atoms with Crippen LogP contribution in [0.3, 0.4) is 0 Å². The van der Waals surface area contributed by atoms with Gasteiger partial charge in [-0.05, 0) is 26.0 Å². The van der Waals surface area contributed by atoms with E-state index in [2.05, 4.69) is 5.32 Å². The molecule has 6 nitrogen and oxygen atoms in total. The molecular formula is C21H24N2O4. The molecule has 0 unspecified atom stereocenters. The van der Waals surface area contributed by atoms with Crippen molar-refractivity contribution in [3.05, 3.63) is 71.8 Å². The molecule has 0 bridgehead atoms. The molecule has 0 saturated carbocycles. The van der Waals surface area contributed by atoms with Crippen molar-refractivity contribution in [3.8, 4) is 0 Å². The van der Waals surface area contributed by atoms with Crippen LogP contribution in [0.2, 0.25) is 0 Å². The van der Waals surface area contributed by atoms with Crippen LogP contribution in [0, 0.1) is 0 Å². The molecule has 0 fully saturated rings. The van der Waals surface area contributed by atoms with Gasteiger partial charge in [0.15, 0.2) is 0 Å². The maximum atomic E-state index is 12.8. The van der Waals surface area contributed by atoms with E-state index in [1.165, 1.54) is 0 Å². The lowest BCUT2D eigenvalue weighted by Crippen LogP contribution is -2.38. The minimum absolute atomic E-state index is 0.283. The van der Waals surface area contributed by atoms with Gasteiger partial charge in [-0.25, -0.2) is 0 Å². The topological polar surface area (TPSA) is 75.7 Å². The van der Waals surface area contributed by atoms with Crippen LogP contribution in [0.25, 0.3) is 0 Å². The van der Waals surface area contributed by atoms with E-state index < -0.39 is 12.1 Å². The number of nitrogens with zero attached hydrogens (tertiary/aromatic N) is 1. The minimum Gasteiger partial charge on any atom is -0.446 e. The Bertz CT molecular complexity index is 758. The lowest BCUT2D eigenvalue weighted by atomic mass is 10.1. The molecule has 0 aliphatic heterocycles. The quantitative estimate of drug-likeness (QED) is 0.727. The van der Waals surface area contributed by atoms with Gasteiger partial charge in [-0.3, -0.25) is 14.4 Å². The third kappa shape index (κ3) is 5.67. The Morgan fingerprint density at radius 2 is 1.48 bits per heavy atom. The molecule has 0 aliphatic rings. The molecule has 0 spiro atoms. The first kappa shape index (κ1) is 20.2. The molecule has 6 heteroatoms. The number of amides is 2. The molecule has 142 valence electrons. The van der Waals surface area contributed by atoms with E-state index in [-0.39, 0.29) is 18.4 Å². The monoisotopic (exact) mass is 368 g/mol. The number of hydrogen-bond donors (Lipinski definition) is 1. The van der Waals surface area contributed by atoms with Crippen LogP contribution >= 0.6 is 0 Å². The fourth-order valence-corrected chi connectivity index (χ4v) is 2.61. The van der Waals surface area contributed by atoms with Crippen molar-refractivity contribution in [1.29, 1.82) is 0 Å². The van der Waals surface area contributed by atoms with Crippen LogP contribution < -0.4 is 5.32 Å². The molecule has 27 heavy (non-hydrogen) atoms. The molecule has 0 heterocycles. The maximum Gasteiger partial charge on any atom is 0.326 e. The zero-order chi connectivity index (χ0) is 19.6. The summed E-state index contributed by atoms with van der Waals surface area (Å²) in [5.41, 5.74) is 1.04. The molecule has 0 aliphatic carbocycles. The zero-order valence-corrected chi connectivity index (χ0v) is 15.6. The van der Waals surface area contributed by atoms with Crippen molar-refractivity contribution in [2.45, 2.75) is 20.0 Å². The third-order valence-electron chi connectivity index (χ3n) is 4.08. The summed E-state index contributed by atoms with van der Waals surface area (Å²) in [6.07, 6.45) is -1.03. The molecular weight excluding hydrogens is 344 g/mol. The molecule has 2 aromatic carbocycles. The van der Waals surface area contributed by atoms with E-state index in [0.717, 1.165) is 0 Å². The van der Waals surface area contributed by atoms with E-state index >= 15 is 0 Å². The van der Waals surface area contributed by atoms with Gasteiger partial charge in [0.1, 0.15) is 6.54 Å². The summed E-state index contributed by atoms with van der Waals surface area (Å²) >= 11 is 0. The highest BCUT2D eigenvalue weighted by atomic mass is 16.5. The molecule has 2 rings (SSSR count). The van der Waals surface area contributed by atoms with Gasteiger partial charge in [0, 0.05) is 24.2 Å². The molecule has 2 amide bonds. The first-order valence-electron chi connectivity index (χ1n) is 8.93. The van der Waals surface area contributed by atoms with Gasteiger partial charge in [-0.15, -0.1) is 0 Å². The highest BCUT2D eigenvalue weighted by molar-refractivity contribution is 5.96. The van der Waals surface area contributed by atoms with E-state index in [1.54, 1.807) is 59.5 Å². The van der Waals surface area contributed by atoms with Crippen LogP contribution in [0.4, 0.5) is 0 Å². The van der Waals surface area contributed by atoms with Crippen molar-refractivity contribution in [1.82, 2.24) is 10.2 Å². The smallest absolute Gasteiger partial charge is 0.326 e. The van der Waals surface area contributed by atoms with Gasteiger partial charge in [-0.1, -0.05) is 48.5 Å². The number of nitrogens with one attached hydrogen (secondary N) is 1. The predicted molar refractivity (Wildman–Crippen MR) is 102 cm³/mol. The number of carbonyl (C=O) groups excluding carboxylic acids is 3. The van der Waals surface area contributed by atoms with E-state index in [1.807, 2.05) is 19.9 Å². The van der Waals surface area contributed by atoms with Crippen molar-refractivity contribution >= 4 is 17.8 Å². The minimum atomic E-state index is -1.03. The summed E-state index contributed by atoms with van der Waals surface area (Å²) in [5, 5.41) is 2.51. The highest BCUT2D eigenvalue weighted by Crippen LogP contribution is 2.20. The second-order valence-electron chi connectivity index (χ2n) is 5.84. The van der Waals surface area contributed by atoms with E-state index in [4.69, 9.17) is 4.74 Å². The normalized spacial score (nSPS) is 11.3. The Labute approximate surface area is 159 Å². The van der Waals surface area contributed by atoms with Gasteiger partial charge in [0.25, 0.3) is 11.8 Å². The number of rotatable bonds is 8. The fourth-order valence-electron chi connectivity index (χ4n) is 2.61. The molecule has 0 saturated heterocycles. The molecule has 0 aromatic heterocycles. The van der Waals surface area contributed by atoms with Crippen LogP contribution in [-0.4, -0.2) is 42.3 Å². The average molecular weight is 368 g/mol. The molecule has 2 aromatic rings. The van der Waals surface area contributed by atoms with Crippen molar-refractivity contribution in [2.75, 3.05) is 19.6 Å². The zero-order valence-electron chi connectivity index (χ0n) is 15.6. The summed E-state index contributed by atoms with van der Waals surface area (Å²) in [7, 11) is 0. The first-order valence-corrected chi connectivity index (χ1v) is 8.93. The Morgan fingerprint density at radius 3 is 2.04 bits per heavy atom. The standard InChI is InChI=1S/C21H24N2O4/c1-3-23(4-2)21(26)19(16-11-7-5-8-12-16)27-18(24)15-22-20(25)17-13-9-6-10-14-17/h5-14,19H,3-4,15H2,1-2H3,(H,22,25)/t19-/m1/s1. The van der Waals surface area contributed by atoms with Gasteiger partial charge in [0.2, 0.25) is 6.10 Å². The van der Waals surface area contributed by atoms with E-state index in [0.29, 0.717) is 24.2 Å². The predicted octanol–water partition coefficient (Wildman–Crippen LogP) is 2.57. The van der Waals surface area contributed by atoms with Gasteiger partial charge in [0.05, 0.1) is 0 Å². The van der Waals surface area contributed by atoms with Crippen LogP contribution in [0.15, 0.2) is 60.7 Å². The Balaban J connectivity index is 2.05. The summed E-state index contributed by atoms with van der Waals surface area (Å²) in [6, 6.07) is 17.4. The van der Waals surface area contributed by atoms with Crippen LogP contribution in [0.5, 0.6) is 0 Å². The van der Waals surface area contributed by atoms with Crippen molar-refractivity contribution in [3.63, 3.8) is 0 Å². The van der Waals surface area contributed by atoms with E-state index in [9.17, 15) is 14.4 Å². The largest absolute Gasteiger partial charge is 0.446 e. The van der Waals surface area contributed by atoms with Gasteiger partial charge in [-0.2, -0.15) is 0 Å². The highest BCUT2D eigenvalue weighted by Gasteiger charge is 2.28. The average Bonchev–Trinajstić information content (AvgIpc) is 2.72. The Hall–Kier alpha value is -3.15. The summed E-state index contributed by atoms with van der Waals surface area (Å²) in [5.74, 6) is -1.33. The number of likely N-dealkylation sites (N-methyl/N-ethyl adjacent to an activating group) is 1. The Kier molecular flexibility index (Phi) is 7.55. The molecule has 1 N–H and O–H groups in total. The van der Waals surface area contributed by atoms with Crippen molar-refractivity contribution in [2.24, 2.45) is 0 Å². The maximum absolute atomic E-state index is 12.8. The molecule has 0 radical (unpaired) electrons. The summed E-state index contributed by atoms with van der Waals surface area (Å²) in [4.78, 5) is 38.7. The number of carbonyl (C=O) groups is 3. The lowest BCUT2D eigenvalue weighted by molar-refractivity contribution is -0.160. The second kappa shape index (κ2) is 10.1. The number of ether oxygens (including phenoxy) is 1. The summed E-state index contributed by atoms with van der Waals surface area (Å²) < 4.78 is 5.42.